The fourth-order valence-electron chi connectivity index (χ4n) is 1.55. The van der Waals surface area contributed by atoms with Crippen LogP contribution < -0.4 is 5.73 Å². The summed E-state index contributed by atoms with van der Waals surface area (Å²) in [4.78, 5) is 2.26. The summed E-state index contributed by atoms with van der Waals surface area (Å²) in [5.41, 5.74) is 5.47. The van der Waals surface area contributed by atoms with Crippen LogP contribution in [0.3, 0.4) is 0 Å². The lowest BCUT2D eigenvalue weighted by Crippen LogP contribution is -2.41. The number of nitrogens with zero attached hydrogens (tertiary/aromatic N) is 2. The van der Waals surface area contributed by atoms with E-state index in [-0.39, 0.29) is 0 Å². The molecule has 1 fully saturated rings. The zero-order valence-electron chi connectivity index (χ0n) is 7.94. The number of hydrogen-bond acceptors (Lipinski definition) is 4. The average Bonchev–Trinajstić information content (AvgIpc) is 2.66. The molecule has 0 amide bonds. The SMILES string of the molecule is CCN(C/C(N)=N/O)C1CCSC1. The lowest BCUT2D eigenvalue weighted by Gasteiger charge is -2.25. The summed E-state index contributed by atoms with van der Waals surface area (Å²) in [6.07, 6.45) is 1.22. The lowest BCUT2D eigenvalue weighted by molar-refractivity contribution is 0.249. The molecule has 0 aromatic rings. The van der Waals surface area contributed by atoms with E-state index in [1.54, 1.807) is 0 Å². The zero-order valence-corrected chi connectivity index (χ0v) is 8.76. The van der Waals surface area contributed by atoms with E-state index in [1.807, 2.05) is 11.8 Å². The Hall–Kier alpha value is -0.420. The number of thioether (sulfide) groups is 1. The van der Waals surface area contributed by atoms with E-state index in [9.17, 15) is 0 Å². The highest BCUT2D eigenvalue weighted by Crippen LogP contribution is 2.21. The highest BCUT2D eigenvalue weighted by atomic mass is 32.2. The minimum Gasteiger partial charge on any atom is -0.409 e. The maximum Gasteiger partial charge on any atom is 0.153 e. The first-order valence-corrected chi connectivity index (χ1v) is 5.71. The normalized spacial score (nSPS) is 24.2. The van der Waals surface area contributed by atoms with E-state index < -0.39 is 0 Å². The molecule has 1 aliphatic rings. The lowest BCUT2D eigenvalue weighted by atomic mass is 10.2. The van der Waals surface area contributed by atoms with Gasteiger partial charge in [0.1, 0.15) is 0 Å². The maximum atomic E-state index is 8.45. The molecule has 0 bridgehead atoms. The fourth-order valence-corrected chi connectivity index (χ4v) is 2.80. The number of hydrogen-bond donors (Lipinski definition) is 2. The van der Waals surface area contributed by atoms with Gasteiger partial charge in [0.2, 0.25) is 0 Å². The number of likely N-dealkylation sites (N-methyl/N-ethyl adjacent to an activating group) is 1. The topological polar surface area (TPSA) is 61.8 Å². The first kappa shape index (κ1) is 10.7. The summed E-state index contributed by atoms with van der Waals surface area (Å²) in [6, 6.07) is 0.607. The molecule has 1 atom stereocenters. The van der Waals surface area contributed by atoms with Gasteiger partial charge in [-0.2, -0.15) is 11.8 Å². The quantitative estimate of drug-likeness (QED) is 0.303. The molecule has 0 aliphatic carbocycles. The van der Waals surface area contributed by atoms with Gasteiger partial charge >= 0.3 is 0 Å². The highest BCUT2D eigenvalue weighted by Gasteiger charge is 2.22. The van der Waals surface area contributed by atoms with Crippen LogP contribution >= 0.6 is 11.8 Å². The predicted octanol–water partition coefficient (Wildman–Crippen LogP) is 0.560. The Kier molecular flexibility index (Phi) is 4.38. The summed E-state index contributed by atoms with van der Waals surface area (Å²) in [7, 11) is 0. The van der Waals surface area contributed by atoms with Crippen molar-refractivity contribution in [2.45, 2.75) is 19.4 Å². The van der Waals surface area contributed by atoms with Gasteiger partial charge in [-0.05, 0) is 18.7 Å². The summed E-state index contributed by atoms with van der Waals surface area (Å²) in [6.45, 7) is 3.65. The van der Waals surface area contributed by atoms with E-state index in [4.69, 9.17) is 10.9 Å². The Morgan fingerprint density at radius 2 is 2.54 bits per heavy atom. The first-order valence-electron chi connectivity index (χ1n) is 4.56. The zero-order chi connectivity index (χ0) is 9.68. The standard InChI is InChI=1S/C8H17N3OS/c1-2-11(5-8(9)10-12)7-3-4-13-6-7/h7,12H,2-6H2,1H3,(H2,9,10). The second-order valence-electron chi connectivity index (χ2n) is 3.17. The van der Waals surface area contributed by atoms with Gasteiger partial charge in [0.05, 0.1) is 6.54 Å². The Morgan fingerprint density at radius 3 is 3.00 bits per heavy atom. The second kappa shape index (κ2) is 5.34. The Labute approximate surface area is 83.2 Å². The molecule has 1 aliphatic heterocycles. The molecule has 0 spiro atoms. The van der Waals surface area contributed by atoms with Gasteiger partial charge < -0.3 is 10.9 Å². The molecule has 76 valence electrons. The molecule has 0 aromatic carbocycles. The summed E-state index contributed by atoms with van der Waals surface area (Å²) < 4.78 is 0. The summed E-state index contributed by atoms with van der Waals surface area (Å²) in [5, 5.41) is 11.4. The number of oxime groups is 1. The van der Waals surface area contributed by atoms with Crippen LogP contribution in [0.4, 0.5) is 0 Å². The third kappa shape index (κ3) is 3.08. The minimum absolute atomic E-state index is 0.304. The van der Waals surface area contributed by atoms with Crippen molar-refractivity contribution in [1.29, 1.82) is 0 Å². The minimum atomic E-state index is 0.304. The van der Waals surface area contributed by atoms with E-state index >= 15 is 0 Å². The smallest absolute Gasteiger partial charge is 0.153 e. The first-order chi connectivity index (χ1) is 6.27. The molecule has 4 nitrogen and oxygen atoms in total. The van der Waals surface area contributed by atoms with Crippen LogP contribution in [-0.4, -0.2) is 46.6 Å². The van der Waals surface area contributed by atoms with Crippen LogP contribution in [0.25, 0.3) is 0 Å². The van der Waals surface area contributed by atoms with Crippen molar-refractivity contribution in [1.82, 2.24) is 4.90 Å². The maximum absolute atomic E-state index is 8.45. The van der Waals surface area contributed by atoms with Gasteiger partial charge in [0.15, 0.2) is 5.84 Å². The van der Waals surface area contributed by atoms with Gasteiger partial charge in [-0.3, -0.25) is 4.90 Å². The van der Waals surface area contributed by atoms with Crippen LogP contribution in [0.5, 0.6) is 0 Å². The molecule has 1 heterocycles. The number of nitrogens with two attached hydrogens (primary N) is 1. The van der Waals surface area contributed by atoms with Crippen molar-refractivity contribution in [3.8, 4) is 0 Å². The fraction of sp³-hybridized carbons (Fsp3) is 0.875. The van der Waals surface area contributed by atoms with E-state index in [2.05, 4.69) is 17.0 Å². The number of rotatable bonds is 4. The van der Waals surface area contributed by atoms with Crippen molar-refractivity contribution < 1.29 is 5.21 Å². The molecule has 0 radical (unpaired) electrons. The molecule has 1 unspecified atom stereocenters. The Morgan fingerprint density at radius 1 is 1.77 bits per heavy atom. The van der Waals surface area contributed by atoms with Crippen molar-refractivity contribution in [2.24, 2.45) is 10.9 Å². The molecule has 3 N–H and O–H groups in total. The van der Waals surface area contributed by atoms with Crippen molar-refractivity contribution in [2.75, 3.05) is 24.6 Å². The molecule has 0 saturated carbocycles. The summed E-state index contributed by atoms with van der Waals surface area (Å²) >= 11 is 1.98. The molecule has 0 aromatic heterocycles. The van der Waals surface area contributed by atoms with Crippen LogP contribution in [0.1, 0.15) is 13.3 Å². The van der Waals surface area contributed by atoms with Crippen LogP contribution in [0.15, 0.2) is 5.16 Å². The molecule has 13 heavy (non-hydrogen) atoms. The van der Waals surface area contributed by atoms with Gasteiger partial charge in [0.25, 0.3) is 0 Å². The van der Waals surface area contributed by atoms with E-state index in [1.165, 1.54) is 17.9 Å². The monoisotopic (exact) mass is 203 g/mol. The van der Waals surface area contributed by atoms with Gasteiger partial charge in [-0.25, -0.2) is 0 Å². The third-order valence-corrected chi connectivity index (χ3v) is 3.47. The van der Waals surface area contributed by atoms with E-state index in [0.29, 0.717) is 18.4 Å². The molecular weight excluding hydrogens is 186 g/mol. The van der Waals surface area contributed by atoms with Gasteiger partial charge in [-0.15, -0.1) is 0 Å². The largest absolute Gasteiger partial charge is 0.409 e. The van der Waals surface area contributed by atoms with Crippen LogP contribution in [0.2, 0.25) is 0 Å². The predicted molar refractivity (Wildman–Crippen MR) is 56.4 cm³/mol. The second-order valence-corrected chi connectivity index (χ2v) is 4.32. The van der Waals surface area contributed by atoms with Gasteiger partial charge in [0, 0.05) is 11.8 Å². The third-order valence-electron chi connectivity index (χ3n) is 2.32. The average molecular weight is 203 g/mol. The van der Waals surface area contributed by atoms with Crippen molar-refractivity contribution >= 4 is 17.6 Å². The Bertz CT molecular complexity index is 180. The van der Waals surface area contributed by atoms with Crippen LogP contribution in [0, 0.1) is 0 Å². The summed E-state index contributed by atoms with van der Waals surface area (Å²) in [5.74, 6) is 2.71. The Balaban J connectivity index is 2.41. The molecule has 5 heteroatoms. The van der Waals surface area contributed by atoms with E-state index in [0.717, 1.165) is 6.54 Å². The number of amidine groups is 1. The molecular formula is C8H17N3OS. The van der Waals surface area contributed by atoms with Gasteiger partial charge in [-0.1, -0.05) is 12.1 Å². The van der Waals surface area contributed by atoms with Crippen molar-refractivity contribution in [3.05, 3.63) is 0 Å². The van der Waals surface area contributed by atoms with Crippen molar-refractivity contribution in [3.63, 3.8) is 0 Å². The molecule has 1 rings (SSSR count). The molecule has 1 saturated heterocycles. The highest BCUT2D eigenvalue weighted by molar-refractivity contribution is 7.99. The van der Waals surface area contributed by atoms with Crippen LogP contribution in [-0.2, 0) is 0 Å².